The van der Waals surface area contributed by atoms with E-state index in [0.29, 0.717) is 5.92 Å². The quantitative estimate of drug-likeness (QED) is 0.737. The van der Waals surface area contributed by atoms with Crippen LogP contribution >= 0.6 is 11.8 Å². The van der Waals surface area contributed by atoms with Gasteiger partial charge in [-0.2, -0.15) is 11.8 Å². The molecule has 1 fully saturated rings. The fourth-order valence-electron chi connectivity index (χ4n) is 2.15. The Bertz CT molecular complexity index is 330. The van der Waals surface area contributed by atoms with Crippen LogP contribution in [-0.4, -0.2) is 32.8 Å². The second-order valence-electron chi connectivity index (χ2n) is 3.86. The molecule has 76 valence electrons. The molecular weight excluding hydrogens is 196 g/mol. The van der Waals surface area contributed by atoms with Gasteiger partial charge in [-0.05, 0) is 12.2 Å². The maximum atomic E-state index is 4.34. The summed E-state index contributed by atoms with van der Waals surface area (Å²) in [5.74, 6) is 5.51. The van der Waals surface area contributed by atoms with Gasteiger partial charge in [-0.3, -0.25) is 0 Å². The molecule has 4 nitrogen and oxygen atoms in total. The molecule has 1 aromatic heterocycles. The van der Waals surface area contributed by atoms with Crippen LogP contribution in [0.2, 0.25) is 0 Å². The lowest BCUT2D eigenvalue weighted by Crippen LogP contribution is -2.29. The molecule has 0 bridgehead atoms. The third kappa shape index (κ3) is 1.35. The van der Waals surface area contributed by atoms with E-state index < -0.39 is 0 Å². The molecule has 5 heteroatoms. The molecule has 3 rings (SSSR count). The molecule has 14 heavy (non-hydrogen) atoms. The highest BCUT2D eigenvalue weighted by molar-refractivity contribution is 7.99. The van der Waals surface area contributed by atoms with Crippen LogP contribution in [0.25, 0.3) is 0 Å². The highest BCUT2D eigenvalue weighted by Gasteiger charge is 2.25. The molecule has 0 radical (unpaired) electrons. The fourth-order valence-corrected chi connectivity index (χ4v) is 3.37. The molecule has 0 saturated carbocycles. The summed E-state index contributed by atoms with van der Waals surface area (Å²) in [4.78, 5) is 0. The van der Waals surface area contributed by atoms with Gasteiger partial charge in [0.1, 0.15) is 11.6 Å². The number of aromatic nitrogens is 3. The number of hydrogen-bond acceptors (Lipinski definition) is 4. The molecule has 0 aliphatic carbocycles. The second kappa shape index (κ2) is 3.55. The van der Waals surface area contributed by atoms with Crippen LogP contribution in [-0.2, 0) is 13.1 Å². The number of nitrogens with one attached hydrogen (secondary N) is 1. The van der Waals surface area contributed by atoms with Crippen molar-refractivity contribution in [2.24, 2.45) is 0 Å². The van der Waals surface area contributed by atoms with Gasteiger partial charge in [0.25, 0.3) is 0 Å². The van der Waals surface area contributed by atoms with Gasteiger partial charge in [0.2, 0.25) is 0 Å². The Labute approximate surface area is 87.5 Å². The van der Waals surface area contributed by atoms with E-state index >= 15 is 0 Å². The Morgan fingerprint density at radius 3 is 3.29 bits per heavy atom. The smallest absolute Gasteiger partial charge is 0.147 e. The lowest BCUT2D eigenvalue weighted by Gasteiger charge is -2.17. The average molecular weight is 210 g/mol. The third-order valence-electron chi connectivity index (χ3n) is 2.95. The SMILES string of the molecule is C1Cn2c(nnc2C2CCSC2)CN1. The molecule has 2 aliphatic rings. The number of thioether (sulfide) groups is 1. The molecule has 0 aromatic carbocycles. The Hall–Kier alpha value is -0.550. The minimum atomic E-state index is 0.652. The normalized spacial score (nSPS) is 26.4. The van der Waals surface area contributed by atoms with Gasteiger partial charge in [0, 0.05) is 24.8 Å². The first-order valence-corrected chi connectivity index (χ1v) is 6.31. The molecule has 1 saturated heterocycles. The Morgan fingerprint density at radius 2 is 2.43 bits per heavy atom. The number of fused-ring (bicyclic) bond motifs is 1. The lowest BCUT2D eigenvalue weighted by molar-refractivity contribution is 0.483. The highest BCUT2D eigenvalue weighted by Crippen LogP contribution is 2.31. The van der Waals surface area contributed by atoms with Crippen LogP contribution in [0.1, 0.15) is 24.0 Å². The summed E-state index contributed by atoms with van der Waals surface area (Å²) in [6, 6.07) is 0. The molecule has 0 amide bonds. The van der Waals surface area contributed by atoms with Crippen molar-refractivity contribution in [3.05, 3.63) is 11.6 Å². The largest absolute Gasteiger partial charge is 0.312 e. The van der Waals surface area contributed by atoms with E-state index in [9.17, 15) is 0 Å². The summed E-state index contributed by atoms with van der Waals surface area (Å²) in [5, 5.41) is 11.9. The van der Waals surface area contributed by atoms with Gasteiger partial charge in [0.05, 0.1) is 6.54 Å². The van der Waals surface area contributed by atoms with E-state index in [1.165, 1.54) is 23.8 Å². The Kier molecular flexibility index (Phi) is 2.21. The van der Waals surface area contributed by atoms with Crippen LogP contribution in [0.4, 0.5) is 0 Å². The number of hydrogen-bond donors (Lipinski definition) is 1. The summed E-state index contributed by atoms with van der Waals surface area (Å²) < 4.78 is 2.31. The van der Waals surface area contributed by atoms with Gasteiger partial charge in [-0.15, -0.1) is 10.2 Å². The summed E-state index contributed by atoms with van der Waals surface area (Å²) in [6.07, 6.45) is 1.27. The highest BCUT2D eigenvalue weighted by atomic mass is 32.2. The number of rotatable bonds is 1. The van der Waals surface area contributed by atoms with Crippen molar-refractivity contribution < 1.29 is 0 Å². The van der Waals surface area contributed by atoms with E-state index in [-0.39, 0.29) is 0 Å². The van der Waals surface area contributed by atoms with Gasteiger partial charge in [0.15, 0.2) is 0 Å². The van der Waals surface area contributed by atoms with Crippen molar-refractivity contribution in [3.8, 4) is 0 Å². The van der Waals surface area contributed by atoms with Crippen LogP contribution in [0.5, 0.6) is 0 Å². The standard InChI is InChI=1S/C9H14N4S/c1-4-14-6-7(1)9-12-11-8-5-10-2-3-13(8)9/h7,10H,1-6H2. The zero-order valence-corrected chi connectivity index (χ0v) is 8.89. The van der Waals surface area contributed by atoms with E-state index in [2.05, 4.69) is 20.1 Å². The summed E-state index contributed by atoms with van der Waals surface area (Å²) in [7, 11) is 0. The molecule has 1 unspecified atom stereocenters. The second-order valence-corrected chi connectivity index (χ2v) is 5.01. The van der Waals surface area contributed by atoms with Gasteiger partial charge in [-0.1, -0.05) is 0 Å². The first-order valence-electron chi connectivity index (χ1n) is 5.15. The van der Waals surface area contributed by atoms with Crippen LogP contribution in [0.15, 0.2) is 0 Å². The van der Waals surface area contributed by atoms with Crippen molar-refractivity contribution in [2.45, 2.75) is 25.4 Å². The number of nitrogens with zero attached hydrogens (tertiary/aromatic N) is 3. The zero-order chi connectivity index (χ0) is 9.38. The molecular formula is C9H14N4S. The fraction of sp³-hybridized carbons (Fsp3) is 0.778. The predicted octanol–water partition coefficient (Wildman–Crippen LogP) is 0.602. The summed E-state index contributed by atoms with van der Waals surface area (Å²) in [5.41, 5.74) is 0. The molecule has 2 aliphatic heterocycles. The van der Waals surface area contributed by atoms with E-state index in [1.54, 1.807) is 0 Å². The van der Waals surface area contributed by atoms with Crippen LogP contribution < -0.4 is 5.32 Å². The van der Waals surface area contributed by atoms with Crippen molar-refractivity contribution in [3.63, 3.8) is 0 Å². The molecule has 3 heterocycles. The maximum absolute atomic E-state index is 4.34. The first kappa shape index (κ1) is 8.73. The molecule has 1 aromatic rings. The van der Waals surface area contributed by atoms with Crippen molar-refractivity contribution >= 4 is 11.8 Å². The zero-order valence-electron chi connectivity index (χ0n) is 8.07. The van der Waals surface area contributed by atoms with Crippen molar-refractivity contribution in [1.82, 2.24) is 20.1 Å². The average Bonchev–Trinajstić information content (AvgIpc) is 2.85. The van der Waals surface area contributed by atoms with E-state index in [1.807, 2.05) is 11.8 Å². The predicted molar refractivity (Wildman–Crippen MR) is 56.4 cm³/mol. The lowest BCUT2D eigenvalue weighted by atomic mass is 10.1. The molecule has 1 atom stereocenters. The molecule has 1 N–H and O–H groups in total. The monoisotopic (exact) mass is 210 g/mol. The Balaban J connectivity index is 1.93. The van der Waals surface area contributed by atoms with Gasteiger partial charge < -0.3 is 9.88 Å². The molecule has 0 spiro atoms. The maximum Gasteiger partial charge on any atom is 0.147 e. The summed E-state index contributed by atoms with van der Waals surface area (Å²) >= 11 is 2.03. The van der Waals surface area contributed by atoms with Crippen molar-refractivity contribution in [1.29, 1.82) is 0 Å². The topological polar surface area (TPSA) is 42.7 Å². The Morgan fingerprint density at radius 1 is 1.43 bits per heavy atom. The van der Waals surface area contributed by atoms with E-state index in [4.69, 9.17) is 0 Å². The summed E-state index contributed by atoms with van der Waals surface area (Å²) in [6.45, 7) is 2.98. The van der Waals surface area contributed by atoms with Gasteiger partial charge in [-0.25, -0.2) is 0 Å². The van der Waals surface area contributed by atoms with Gasteiger partial charge >= 0.3 is 0 Å². The minimum absolute atomic E-state index is 0.652. The first-order chi connectivity index (χ1) is 6.95. The third-order valence-corrected chi connectivity index (χ3v) is 4.11. The minimum Gasteiger partial charge on any atom is -0.312 e. The van der Waals surface area contributed by atoms with Crippen molar-refractivity contribution in [2.75, 3.05) is 18.1 Å². The van der Waals surface area contributed by atoms with E-state index in [0.717, 1.165) is 25.5 Å². The van der Waals surface area contributed by atoms with Crippen LogP contribution in [0, 0.1) is 0 Å². The van der Waals surface area contributed by atoms with Crippen LogP contribution in [0.3, 0.4) is 0 Å².